The fraction of sp³-hybridized carbons (Fsp3) is 0.192. The van der Waals surface area contributed by atoms with Crippen molar-refractivity contribution in [1.82, 2.24) is 0 Å². The molecule has 33 heavy (non-hydrogen) atoms. The maximum atomic E-state index is 12.2. The molecule has 2 heterocycles. The number of nitrogens with one attached hydrogen (secondary N) is 1. The largest absolute Gasteiger partial charge is 0.465 e. The highest BCUT2D eigenvalue weighted by atomic mass is 16.5. The van der Waals surface area contributed by atoms with E-state index in [4.69, 9.17) is 13.6 Å². The summed E-state index contributed by atoms with van der Waals surface area (Å²) in [5.74, 6) is 0.0819. The average Bonchev–Trinajstić information content (AvgIpc) is 3.13. The number of carbonyl (C=O) groups is 2. The van der Waals surface area contributed by atoms with Crippen molar-refractivity contribution in [2.45, 2.75) is 26.7 Å². The lowest BCUT2D eigenvalue weighted by Crippen LogP contribution is -2.12. The van der Waals surface area contributed by atoms with Gasteiger partial charge in [0.15, 0.2) is 0 Å². The predicted octanol–water partition coefficient (Wildman–Crippen LogP) is 5.58. The van der Waals surface area contributed by atoms with Crippen LogP contribution in [0.5, 0.6) is 0 Å². The van der Waals surface area contributed by atoms with E-state index in [2.05, 4.69) is 5.32 Å². The minimum absolute atomic E-state index is 0.111. The highest BCUT2D eigenvalue weighted by Gasteiger charge is 2.17. The third-order valence-corrected chi connectivity index (χ3v) is 5.22. The summed E-state index contributed by atoms with van der Waals surface area (Å²) in [5.41, 5.74) is 2.97. The number of furan rings is 1. The van der Waals surface area contributed by atoms with Crippen molar-refractivity contribution in [3.05, 3.63) is 75.3 Å². The number of fused-ring (bicyclic) bond motifs is 2. The Bertz CT molecular complexity index is 1470. The van der Waals surface area contributed by atoms with Gasteiger partial charge in [-0.2, -0.15) is 0 Å². The van der Waals surface area contributed by atoms with Gasteiger partial charge in [-0.25, -0.2) is 9.59 Å². The van der Waals surface area contributed by atoms with E-state index in [9.17, 15) is 14.4 Å². The molecule has 0 saturated carbocycles. The summed E-state index contributed by atoms with van der Waals surface area (Å²) in [5, 5.41) is 4.33. The summed E-state index contributed by atoms with van der Waals surface area (Å²) in [6, 6.07) is 11.9. The van der Waals surface area contributed by atoms with E-state index in [0.717, 1.165) is 27.7 Å². The van der Waals surface area contributed by atoms with Gasteiger partial charge in [-0.05, 0) is 29.8 Å². The molecule has 0 bridgehead atoms. The average molecular weight is 445 g/mol. The maximum absolute atomic E-state index is 12.2. The molecule has 0 unspecified atom stereocenters. The number of methoxy groups -OCH3 is 1. The van der Waals surface area contributed by atoms with Crippen LogP contribution in [0.1, 0.15) is 53.9 Å². The first kappa shape index (κ1) is 22.1. The monoisotopic (exact) mass is 445 g/mol. The van der Waals surface area contributed by atoms with Crippen molar-refractivity contribution in [3.63, 3.8) is 0 Å². The summed E-state index contributed by atoms with van der Waals surface area (Å²) in [6.07, 6.45) is 3.80. The first-order valence-electron chi connectivity index (χ1n) is 10.4. The molecule has 168 valence electrons. The van der Waals surface area contributed by atoms with Gasteiger partial charge in [-0.3, -0.25) is 4.79 Å². The van der Waals surface area contributed by atoms with Crippen molar-refractivity contribution >= 4 is 51.7 Å². The zero-order valence-electron chi connectivity index (χ0n) is 18.7. The zero-order chi connectivity index (χ0) is 23.7. The Labute approximate surface area is 189 Å². The smallest absolute Gasteiger partial charge is 0.339 e. The molecular weight excluding hydrogens is 422 g/mol. The SMILES string of the molecule is COC(=O)c1cc(/C=C\c2c(C(C)C)oc3cc4oc(=O)ccc4cc23)ccc1NC(C)=O. The standard InChI is InChI=1S/C26H23NO6/c1-14(2)25-18(19-12-17-7-10-24(29)32-22(17)13-23(19)33-25)8-5-16-6-9-21(27-15(3)28)20(11-16)26(30)31-4/h5-14H,1-4H3,(H,27,28)/b8-5-. The summed E-state index contributed by atoms with van der Waals surface area (Å²) >= 11 is 0. The first-order valence-corrected chi connectivity index (χ1v) is 10.4. The number of amides is 1. The highest BCUT2D eigenvalue weighted by Crippen LogP contribution is 2.35. The van der Waals surface area contributed by atoms with Gasteiger partial charge in [0.1, 0.15) is 16.9 Å². The van der Waals surface area contributed by atoms with Crippen LogP contribution in [0.15, 0.2) is 56.1 Å². The van der Waals surface area contributed by atoms with Crippen molar-refractivity contribution in [3.8, 4) is 0 Å². The Balaban J connectivity index is 1.82. The van der Waals surface area contributed by atoms with E-state index >= 15 is 0 Å². The lowest BCUT2D eigenvalue weighted by atomic mass is 10.0. The number of ether oxygens (including phenoxy) is 1. The fourth-order valence-corrected chi connectivity index (χ4v) is 3.72. The van der Waals surface area contributed by atoms with Gasteiger partial charge < -0.3 is 18.9 Å². The summed E-state index contributed by atoms with van der Waals surface area (Å²) in [6.45, 7) is 5.44. The van der Waals surface area contributed by atoms with Crippen molar-refractivity contribution in [1.29, 1.82) is 0 Å². The van der Waals surface area contributed by atoms with Gasteiger partial charge in [-0.1, -0.05) is 32.1 Å². The molecule has 0 spiro atoms. The van der Waals surface area contributed by atoms with Gasteiger partial charge in [0.25, 0.3) is 0 Å². The molecule has 2 aromatic carbocycles. The number of anilines is 1. The molecule has 7 heteroatoms. The number of esters is 1. The van der Waals surface area contributed by atoms with E-state index in [1.807, 2.05) is 32.1 Å². The molecule has 0 fully saturated rings. The van der Waals surface area contributed by atoms with Gasteiger partial charge >= 0.3 is 11.6 Å². The predicted molar refractivity (Wildman–Crippen MR) is 127 cm³/mol. The summed E-state index contributed by atoms with van der Waals surface area (Å²) in [4.78, 5) is 35.3. The molecule has 0 aliphatic rings. The molecular formula is C26H23NO6. The van der Waals surface area contributed by atoms with E-state index in [-0.39, 0.29) is 17.4 Å². The van der Waals surface area contributed by atoms with E-state index in [1.54, 1.807) is 30.3 Å². The Morgan fingerprint density at radius 2 is 1.79 bits per heavy atom. The second kappa shape index (κ2) is 8.78. The molecule has 0 saturated heterocycles. The number of hydrogen-bond donors (Lipinski definition) is 1. The molecule has 2 aromatic heterocycles. The van der Waals surface area contributed by atoms with Gasteiger partial charge in [0, 0.05) is 41.3 Å². The fourth-order valence-electron chi connectivity index (χ4n) is 3.72. The molecule has 1 N–H and O–H groups in total. The topological polar surface area (TPSA) is 98.8 Å². The normalized spacial score (nSPS) is 11.5. The summed E-state index contributed by atoms with van der Waals surface area (Å²) < 4.78 is 16.3. The van der Waals surface area contributed by atoms with Crippen LogP contribution in [0.4, 0.5) is 5.69 Å². The third kappa shape index (κ3) is 4.43. The molecule has 7 nitrogen and oxygen atoms in total. The second-order valence-electron chi connectivity index (χ2n) is 7.99. The Morgan fingerprint density at radius 1 is 1.00 bits per heavy atom. The van der Waals surface area contributed by atoms with E-state index in [0.29, 0.717) is 16.9 Å². The second-order valence-corrected chi connectivity index (χ2v) is 7.99. The van der Waals surface area contributed by atoms with Crippen LogP contribution >= 0.6 is 0 Å². The molecule has 0 aliphatic heterocycles. The Kier molecular flexibility index (Phi) is 5.87. The molecule has 1 amide bonds. The van der Waals surface area contributed by atoms with E-state index in [1.165, 1.54) is 20.1 Å². The molecule has 0 aliphatic carbocycles. The summed E-state index contributed by atoms with van der Waals surface area (Å²) in [7, 11) is 1.29. The van der Waals surface area contributed by atoms with Crippen LogP contribution in [-0.4, -0.2) is 19.0 Å². The van der Waals surface area contributed by atoms with Crippen LogP contribution in [0, 0.1) is 0 Å². The lowest BCUT2D eigenvalue weighted by molar-refractivity contribution is -0.114. The van der Waals surface area contributed by atoms with E-state index < -0.39 is 11.6 Å². The van der Waals surface area contributed by atoms with Crippen molar-refractivity contribution in [2.75, 3.05) is 12.4 Å². The van der Waals surface area contributed by atoms with Crippen LogP contribution < -0.4 is 10.9 Å². The van der Waals surface area contributed by atoms with Crippen LogP contribution in [-0.2, 0) is 9.53 Å². The number of benzene rings is 2. The zero-order valence-corrected chi connectivity index (χ0v) is 18.7. The Hall–Kier alpha value is -4.13. The minimum Gasteiger partial charge on any atom is -0.465 e. The van der Waals surface area contributed by atoms with Gasteiger partial charge in [-0.15, -0.1) is 0 Å². The van der Waals surface area contributed by atoms with Crippen molar-refractivity contribution in [2.24, 2.45) is 0 Å². The molecule has 4 rings (SSSR count). The van der Waals surface area contributed by atoms with Crippen LogP contribution in [0.2, 0.25) is 0 Å². The van der Waals surface area contributed by atoms with Gasteiger partial charge in [0.2, 0.25) is 5.91 Å². The third-order valence-electron chi connectivity index (χ3n) is 5.22. The van der Waals surface area contributed by atoms with Crippen LogP contribution in [0.3, 0.4) is 0 Å². The van der Waals surface area contributed by atoms with Gasteiger partial charge in [0.05, 0.1) is 18.4 Å². The maximum Gasteiger partial charge on any atom is 0.339 e. The first-order chi connectivity index (χ1) is 15.8. The molecule has 0 radical (unpaired) electrons. The number of carbonyl (C=O) groups excluding carboxylic acids is 2. The minimum atomic E-state index is -0.543. The number of rotatable bonds is 5. The molecule has 4 aromatic rings. The van der Waals surface area contributed by atoms with Crippen molar-refractivity contribution < 1.29 is 23.2 Å². The lowest BCUT2D eigenvalue weighted by Gasteiger charge is -2.09. The quantitative estimate of drug-likeness (QED) is 0.318. The number of hydrogen-bond acceptors (Lipinski definition) is 6. The van der Waals surface area contributed by atoms with Crippen LogP contribution in [0.25, 0.3) is 34.1 Å². The highest BCUT2D eigenvalue weighted by molar-refractivity contribution is 6.02. The molecule has 0 atom stereocenters. The Morgan fingerprint density at radius 3 is 2.48 bits per heavy atom.